The van der Waals surface area contributed by atoms with Crippen molar-refractivity contribution in [1.29, 1.82) is 0 Å². The molecule has 0 saturated carbocycles. The fourth-order valence-corrected chi connectivity index (χ4v) is 2.81. The Labute approximate surface area is 148 Å². The van der Waals surface area contributed by atoms with Crippen LogP contribution >= 0.6 is 12.4 Å². The molecule has 10 heteroatoms. The third-order valence-electron chi connectivity index (χ3n) is 3.94. The second kappa shape index (κ2) is 8.48. The van der Waals surface area contributed by atoms with Crippen molar-refractivity contribution in [2.75, 3.05) is 39.9 Å². The second-order valence-corrected chi connectivity index (χ2v) is 5.60. The monoisotopic (exact) mass is 390 g/mol. The number of piperazine rings is 1. The van der Waals surface area contributed by atoms with Gasteiger partial charge in [-0.2, -0.15) is 13.2 Å². The Hall–Kier alpha value is -1.16. The highest BCUT2D eigenvalue weighted by atomic mass is 35.5. The van der Waals surface area contributed by atoms with Gasteiger partial charge in [0.25, 0.3) is 5.92 Å². The zero-order valence-corrected chi connectivity index (χ0v) is 14.3. The van der Waals surface area contributed by atoms with Crippen LogP contribution < -0.4 is 10.1 Å². The summed E-state index contributed by atoms with van der Waals surface area (Å²) in [5.74, 6) is -3.75. The van der Waals surface area contributed by atoms with Gasteiger partial charge in [-0.3, -0.25) is 4.90 Å². The highest BCUT2D eigenvalue weighted by Crippen LogP contribution is 2.40. The summed E-state index contributed by atoms with van der Waals surface area (Å²) in [5.41, 5.74) is -1.30. The lowest BCUT2D eigenvalue weighted by molar-refractivity contribution is -0.138. The molecule has 0 unspecified atom stereocenters. The van der Waals surface area contributed by atoms with Gasteiger partial charge in [0.1, 0.15) is 18.4 Å². The lowest BCUT2D eigenvalue weighted by Gasteiger charge is -2.39. The molecule has 0 aliphatic carbocycles. The van der Waals surface area contributed by atoms with Crippen LogP contribution in [0.3, 0.4) is 0 Å². The standard InChI is InChI=1S/C15H19F5N2O2.ClH/c1-24-12-7-10(6-11(8-12)15(18,19)20)13(14(16,17)9-23)22-4-2-21-3-5-22;/h6-8,13,21,23H,2-5,9H2,1H3;1H/t13-;/m1./s1. The van der Waals surface area contributed by atoms with Gasteiger partial charge < -0.3 is 15.2 Å². The van der Waals surface area contributed by atoms with Crippen molar-refractivity contribution in [2.45, 2.75) is 18.1 Å². The molecule has 1 aromatic rings. The van der Waals surface area contributed by atoms with Crippen LogP contribution in [0.1, 0.15) is 17.2 Å². The molecule has 144 valence electrons. The molecule has 1 saturated heterocycles. The quantitative estimate of drug-likeness (QED) is 0.759. The molecule has 0 radical (unpaired) electrons. The van der Waals surface area contributed by atoms with Crippen LogP contribution in [-0.4, -0.2) is 55.8 Å². The molecular formula is C15H20ClF5N2O2. The number of halogens is 6. The molecule has 1 aliphatic heterocycles. The van der Waals surface area contributed by atoms with Gasteiger partial charge in [0, 0.05) is 26.2 Å². The van der Waals surface area contributed by atoms with Crippen LogP contribution in [0.4, 0.5) is 22.0 Å². The van der Waals surface area contributed by atoms with Crippen molar-refractivity contribution >= 4 is 12.4 Å². The molecule has 0 bridgehead atoms. The number of benzene rings is 1. The SMILES string of the molecule is COc1cc([C@@H](N2CCNCC2)C(F)(F)CO)cc(C(F)(F)F)c1.Cl. The Kier molecular flexibility index (Phi) is 7.42. The van der Waals surface area contributed by atoms with E-state index >= 15 is 0 Å². The molecule has 1 aliphatic rings. The van der Waals surface area contributed by atoms with E-state index in [1.807, 2.05) is 0 Å². The zero-order chi connectivity index (χ0) is 18.0. The van der Waals surface area contributed by atoms with Crippen LogP contribution in [0, 0.1) is 0 Å². The molecule has 1 fully saturated rings. The maximum atomic E-state index is 14.3. The fourth-order valence-electron chi connectivity index (χ4n) is 2.81. The number of hydrogen-bond donors (Lipinski definition) is 2. The molecular weight excluding hydrogens is 371 g/mol. The first kappa shape index (κ1) is 21.9. The highest BCUT2D eigenvalue weighted by Gasteiger charge is 2.45. The van der Waals surface area contributed by atoms with Crippen LogP contribution in [0.5, 0.6) is 5.75 Å². The maximum Gasteiger partial charge on any atom is 0.416 e. The Morgan fingerprint density at radius 1 is 1.16 bits per heavy atom. The summed E-state index contributed by atoms with van der Waals surface area (Å²) in [4.78, 5) is 1.38. The van der Waals surface area contributed by atoms with Crippen molar-refractivity contribution in [3.8, 4) is 5.75 Å². The van der Waals surface area contributed by atoms with E-state index in [1.54, 1.807) is 0 Å². The van der Waals surface area contributed by atoms with Crippen LogP contribution in [-0.2, 0) is 6.18 Å². The minimum Gasteiger partial charge on any atom is -0.497 e. The Morgan fingerprint density at radius 3 is 2.24 bits per heavy atom. The van der Waals surface area contributed by atoms with E-state index < -0.39 is 30.3 Å². The Bertz CT molecular complexity index is 565. The second-order valence-electron chi connectivity index (χ2n) is 5.60. The minimum absolute atomic E-state index is 0. The number of rotatable bonds is 5. The fraction of sp³-hybridized carbons (Fsp3) is 0.600. The van der Waals surface area contributed by atoms with E-state index in [2.05, 4.69) is 5.32 Å². The van der Waals surface area contributed by atoms with Crippen molar-refractivity contribution < 1.29 is 31.8 Å². The predicted molar refractivity (Wildman–Crippen MR) is 84.5 cm³/mol. The van der Waals surface area contributed by atoms with Gasteiger partial charge in [-0.05, 0) is 23.8 Å². The largest absolute Gasteiger partial charge is 0.497 e. The molecule has 1 heterocycles. The first-order chi connectivity index (χ1) is 11.2. The Morgan fingerprint density at radius 2 is 1.76 bits per heavy atom. The number of hydrogen-bond acceptors (Lipinski definition) is 4. The van der Waals surface area contributed by atoms with Gasteiger partial charge in [0.15, 0.2) is 0 Å². The van der Waals surface area contributed by atoms with E-state index in [9.17, 15) is 22.0 Å². The summed E-state index contributed by atoms with van der Waals surface area (Å²) in [6.07, 6.45) is -4.69. The topological polar surface area (TPSA) is 44.7 Å². The molecule has 1 aromatic carbocycles. The third-order valence-corrected chi connectivity index (χ3v) is 3.94. The molecule has 4 nitrogen and oxygen atoms in total. The van der Waals surface area contributed by atoms with E-state index in [4.69, 9.17) is 9.84 Å². The van der Waals surface area contributed by atoms with Crippen LogP contribution in [0.2, 0.25) is 0 Å². The normalized spacial score (nSPS) is 17.7. The average Bonchev–Trinajstić information content (AvgIpc) is 2.54. The molecule has 2 rings (SSSR count). The number of nitrogens with one attached hydrogen (secondary N) is 1. The number of aliphatic hydroxyl groups excluding tert-OH is 1. The number of alkyl halides is 5. The van der Waals surface area contributed by atoms with Gasteiger partial charge >= 0.3 is 6.18 Å². The lowest BCUT2D eigenvalue weighted by Crippen LogP contribution is -2.51. The molecule has 0 spiro atoms. The third kappa shape index (κ3) is 5.16. The van der Waals surface area contributed by atoms with E-state index in [0.717, 1.165) is 12.1 Å². The summed E-state index contributed by atoms with van der Waals surface area (Å²) in [7, 11) is 1.17. The summed E-state index contributed by atoms with van der Waals surface area (Å²) < 4.78 is 72.6. The predicted octanol–water partition coefficient (Wildman–Crippen LogP) is 2.71. The van der Waals surface area contributed by atoms with Gasteiger partial charge in [0.2, 0.25) is 0 Å². The summed E-state index contributed by atoms with van der Waals surface area (Å²) in [6.45, 7) is -0.111. The van der Waals surface area contributed by atoms with Gasteiger partial charge in [0.05, 0.1) is 12.7 Å². The molecule has 0 aromatic heterocycles. The van der Waals surface area contributed by atoms with Crippen molar-refractivity contribution in [2.24, 2.45) is 0 Å². The van der Waals surface area contributed by atoms with Crippen LogP contribution in [0.15, 0.2) is 18.2 Å². The smallest absolute Gasteiger partial charge is 0.416 e. The van der Waals surface area contributed by atoms with E-state index in [1.165, 1.54) is 12.0 Å². The molecule has 25 heavy (non-hydrogen) atoms. The highest BCUT2D eigenvalue weighted by molar-refractivity contribution is 5.85. The summed E-state index contributed by atoms with van der Waals surface area (Å²) >= 11 is 0. The number of ether oxygens (including phenoxy) is 1. The number of aliphatic hydroxyl groups is 1. The van der Waals surface area contributed by atoms with Gasteiger partial charge in [-0.25, -0.2) is 8.78 Å². The first-order valence-electron chi connectivity index (χ1n) is 7.38. The molecule has 0 amide bonds. The van der Waals surface area contributed by atoms with Crippen LogP contribution in [0.25, 0.3) is 0 Å². The van der Waals surface area contributed by atoms with E-state index in [-0.39, 0.29) is 36.8 Å². The average molecular weight is 391 g/mol. The maximum absolute atomic E-state index is 14.3. The molecule has 1 atom stereocenters. The zero-order valence-electron chi connectivity index (χ0n) is 13.4. The minimum atomic E-state index is -4.69. The van der Waals surface area contributed by atoms with Gasteiger partial charge in [-0.1, -0.05) is 0 Å². The number of nitrogens with zero attached hydrogens (tertiary/aromatic N) is 1. The van der Waals surface area contributed by atoms with Gasteiger partial charge in [-0.15, -0.1) is 12.4 Å². The first-order valence-corrected chi connectivity index (χ1v) is 7.38. The summed E-state index contributed by atoms with van der Waals surface area (Å²) in [6, 6.07) is 0.945. The van der Waals surface area contributed by atoms with E-state index in [0.29, 0.717) is 19.2 Å². The number of methoxy groups -OCH3 is 1. The summed E-state index contributed by atoms with van der Waals surface area (Å²) in [5, 5.41) is 12.1. The Balaban J connectivity index is 0.00000312. The van der Waals surface area contributed by atoms with Crippen molar-refractivity contribution in [3.63, 3.8) is 0 Å². The molecule has 2 N–H and O–H groups in total. The lowest BCUT2D eigenvalue weighted by atomic mass is 9.96. The van der Waals surface area contributed by atoms with Crippen molar-refractivity contribution in [1.82, 2.24) is 10.2 Å². The van der Waals surface area contributed by atoms with Crippen molar-refractivity contribution in [3.05, 3.63) is 29.3 Å².